The number of piperidine rings is 1. The molecule has 2 fully saturated rings. The Kier molecular flexibility index (Phi) is 5.64. The van der Waals surface area contributed by atoms with Gasteiger partial charge in [-0.25, -0.2) is 0 Å². The number of hydrogen-bond acceptors (Lipinski definition) is 3. The smallest absolute Gasteiger partial charge is 0.235 e. The van der Waals surface area contributed by atoms with E-state index in [9.17, 15) is 4.79 Å². The summed E-state index contributed by atoms with van der Waals surface area (Å²) in [6, 6.07) is 0.522. The number of nitrogens with zero attached hydrogens (tertiary/aromatic N) is 1. The second-order valence-electron chi connectivity index (χ2n) is 6.16. The minimum atomic E-state index is -0.202. The Balaban J connectivity index is 1.92. The van der Waals surface area contributed by atoms with Gasteiger partial charge in [0.25, 0.3) is 0 Å². The van der Waals surface area contributed by atoms with Gasteiger partial charge in [0.05, 0.1) is 6.04 Å². The molecule has 1 amide bonds. The van der Waals surface area contributed by atoms with E-state index in [1.165, 1.54) is 38.5 Å². The molecule has 1 heterocycles. The number of likely N-dealkylation sites (tertiary alicyclic amines) is 1. The van der Waals surface area contributed by atoms with Gasteiger partial charge >= 0.3 is 0 Å². The molecule has 0 aromatic heterocycles. The summed E-state index contributed by atoms with van der Waals surface area (Å²) in [6.07, 6.45) is 9.12. The molecule has 1 aliphatic carbocycles. The number of hydrogen-bond donors (Lipinski definition) is 2. The first-order valence-corrected chi connectivity index (χ1v) is 7.99. The van der Waals surface area contributed by atoms with Gasteiger partial charge in [0.2, 0.25) is 5.91 Å². The Morgan fingerprint density at radius 3 is 2.79 bits per heavy atom. The number of carbonyl (C=O) groups excluding carboxylic acids is 1. The highest BCUT2D eigenvalue weighted by Gasteiger charge is 2.34. The SMILES string of the molecule is CCCNC(CN1CCCC2CCCCC21)C(N)=O. The predicted molar refractivity (Wildman–Crippen MR) is 77.8 cm³/mol. The molecule has 3 unspecified atom stereocenters. The largest absolute Gasteiger partial charge is 0.368 e. The molecular formula is C15H29N3O. The molecule has 2 rings (SSSR count). The van der Waals surface area contributed by atoms with Gasteiger partial charge < -0.3 is 11.1 Å². The number of fused-ring (bicyclic) bond motifs is 1. The fourth-order valence-corrected chi connectivity index (χ4v) is 3.76. The molecule has 1 saturated heterocycles. The number of carbonyl (C=O) groups is 1. The summed E-state index contributed by atoms with van der Waals surface area (Å²) in [4.78, 5) is 14.1. The number of nitrogens with two attached hydrogens (primary N) is 1. The van der Waals surface area contributed by atoms with Gasteiger partial charge in [-0.15, -0.1) is 0 Å². The third-order valence-electron chi connectivity index (χ3n) is 4.76. The van der Waals surface area contributed by atoms with Crippen molar-refractivity contribution in [3.8, 4) is 0 Å². The predicted octanol–water partition coefficient (Wildman–Crippen LogP) is 1.49. The Bertz CT molecular complexity index is 293. The van der Waals surface area contributed by atoms with E-state index in [4.69, 9.17) is 5.73 Å². The zero-order valence-electron chi connectivity index (χ0n) is 12.2. The average Bonchev–Trinajstić information content (AvgIpc) is 2.43. The normalized spacial score (nSPS) is 29.7. The minimum Gasteiger partial charge on any atom is -0.368 e. The van der Waals surface area contributed by atoms with Crippen LogP contribution in [0.1, 0.15) is 51.9 Å². The van der Waals surface area contributed by atoms with Gasteiger partial charge in [0.15, 0.2) is 0 Å². The molecule has 110 valence electrons. The van der Waals surface area contributed by atoms with Crippen molar-refractivity contribution in [2.24, 2.45) is 11.7 Å². The van der Waals surface area contributed by atoms with Gasteiger partial charge in [-0.1, -0.05) is 19.8 Å². The first kappa shape index (κ1) is 14.8. The van der Waals surface area contributed by atoms with Crippen molar-refractivity contribution < 1.29 is 4.79 Å². The van der Waals surface area contributed by atoms with E-state index in [1.807, 2.05) is 0 Å². The van der Waals surface area contributed by atoms with Crippen LogP contribution in [0.5, 0.6) is 0 Å². The molecule has 19 heavy (non-hydrogen) atoms. The summed E-state index contributed by atoms with van der Waals surface area (Å²) < 4.78 is 0. The summed E-state index contributed by atoms with van der Waals surface area (Å²) in [5.41, 5.74) is 5.53. The summed E-state index contributed by atoms with van der Waals surface area (Å²) in [7, 11) is 0. The lowest BCUT2D eigenvalue weighted by Gasteiger charge is -2.45. The highest BCUT2D eigenvalue weighted by Crippen LogP contribution is 2.35. The van der Waals surface area contributed by atoms with E-state index in [0.29, 0.717) is 6.04 Å². The maximum absolute atomic E-state index is 11.6. The van der Waals surface area contributed by atoms with Crippen LogP contribution in [0.3, 0.4) is 0 Å². The van der Waals surface area contributed by atoms with Crippen LogP contribution in [-0.4, -0.2) is 42.5 Å². The van der Waals surface area contributed by atoms with Crippen molar-refractivity contribution in [3.63, 3.8) is 0 Å². The summed E-state index contributed by atoms with van der Waals surface area (Å²) in [5, 5.41) is 3.30. The monoisotopic (exact) mass is 267 g/mol. The Labute approximate surface area is 117 Å². The van der Waals surface area contributed by atoms with Gasteiger partial charge in [-0.05, 0) is 51.1 Å². The molecule has 0 bridgehead atoms. The maximum Gasteiger partial charge on any atom is 0.235 e. The summed E-state index contributed by atoms with van der Waals surface area (Å²) in [5.74, 6) is 0.661. The lowest BCUT2D eigenvalue weighted by molar-refractivity contribution is -0.121. The molecule has 1 saturated carbocycles. The zero-order valence-corrected chi connectivity index (χ0v) is 12.2. The van der Waals surface area contributed by atoms with Gasteiger partial charge in [-0.2, -0.15) is 0 Å². The van der Waals surface area contributed by atoms with Crippen LogP contribution in [0, 0.1) is 5.92 Å². The molecule has 0 spiro atoms. The van der Waals surface area contributed by atoms with Crippen molar-refractivity contribution in [2.75, 3.05) is 19.6 Å². The van der Waals surface area contributed by atoms with E-state index in [2.05, 4.69) is 17.1 Å². The van der Waals surface area contributed by atoms with Crippen molar-refractivity contribution >= 4 is 5.91 Å². The lowest BCUT2D eigenvalue weighted by atomic mass is 9.78. The highest BCUT2D eigenvalue weighted by molar-refractivity contribution is 5.80. The van der Waals surface area contributed by atoms with E-state index in [1.54, 1.807) is 0 Å². The molecule has 1 aliphatic heterocycles. The molecule has 2 aliphatic rings. The Morgan fingerprint density at radius 1 is 1.32 bits per heavy atom. The molecule has 0 radical (unpaired) electrons. The molecule has 3 N–H and O–H groups in total. The molecule has 0 aromatic rings. The Morgan fingerprint density at radius 2 is 2.05 bits per heavy atom. The average molecular weight is 267 g/mol. The Hall–Kier alpha value is -0.610. The van der Waals surface area contributed by atoms with Crippen LogP contribution in [0.2, 0.25) is 0 Å². The first-order valence-electron chi connectivity index (χ1n) is 7.99. The molecule has 3 atom stereocenters. The third-order valence-corrected chi connectivity index (χ3v) is 4.76. The van der Waals surface area contributed by atoms with Gasteiger partial charge in [0.1, 0.15) is 0 Å². The van der Waals surface area contributed by atoms with Crippen molar-refractivity contribution in [3.05, 3.63) is 0 Å². The number of nitrogens with one attached hydrogen (secondary N) is 1. The van der Waals surface area contributed by atoms with Crippen LogP contribution in [0.4, 0.5) is 0 Å². The summed E-state index contributed by atoms with van der Waals surface area (Å²) >= 11 is 0. The molecular weight excluding hydrogens is 238 g/mol. The van der Waals surface area contributed by atoms with E-state index >= 15 is 0 Å². The van der Waals surface area contributed by atoms with Crippen molar-refractivity contribution in [1.82, 2.24) is 10.2 Å². The lowest BCUT2D eigenvalue weighted by Crippen LogP contribution is -2.55. The fourth-order valence-electron chi connectivity index (χ4n) is 3.76. The van der Waals surface area contributed by atoms with E-state index in [0.717, 1.165) is 32.0 Å². The maximum atomic E-state index is 11.6. The highest BCUT2D eigenvalue weighted by atomic mass is 16.1. The summed E-state index contributed by atoms with van der Waals surface area (Å²) in [6.45, 7) is 4.92. The quantitative estimate of drug-likeness (QED) is 0.766. The minimum absolute atomic E-state index is 0.180. The fraction of sp³-hybridized carbons (Fsp3) is 0.933. The van der Waals surface area contributed by atoms with Crippen LogP contribution in [-0.2, 0) is 4.79 Å². The molecule has 4 nitrogen and oxygen atoms in total. The first-order chi connectivity index (χ1) is 9.22. The number of amides is 1. The zero-order chi connectivity index (χ0) is 13.7. The van der Waals surface area contributed by atoms with Crippen LogP contribution in [0.15, 0.2) is 0 Å². The van der Waals surface area contributed by atoms with E-state index in [-0.39, 0.29) is 11.9 Å². The van der Waals surface area contributed by atoms with Gasteiger partial charge in [-0.3, -0.25) is 9.69 Å². The molecule has 0 aromatic carbocycles. The standard InChI is InChI=1S/C15H29N3O/c1-2-9-17-13(15(16)19)11-18-10-5-7-12-6-3-4-8-14(12)18/h12-14,17H,2-11H2,1H3,(H2,16,19). The van der Waals surface area contributed by atoms with Crippen molar-refractivity contribution in [1.29, 1.82) is 0 Å². The van der Waals surface area contributed by atoms with Crippen LogP contribution < -0.4 is 11.1 Å². The van der Waals surface area contributed by atoms with Crippen LogP contribution >= 0.6 is 0 Å². The molecule has 4 heteroatoms. The second kappa shape index (κ2) is 7.25. The second-order valence-corrected chi connectivity index (χ2v) is 6.16. The van der Waals surface area contributed by atoms with Gasteiger partial charge in [0, 0.05) is 12.6 Å². The number of rotatable bonds is 6. The third kappa shape index (κ3) is 3.93. The van der Waals surface area contributed by atoms with E-state index < -0.39 is 0 Å². The topological polar surface area (TPSA) is 58.4 Å². The van der Waals surface area contributed by atoms with Crippen LogP contribution in [0.25, 0.3) is 0 Å². The van der Waals surface area contributed by atoms with Crippen molar-refractivity contribution in [2.45, 2.75) is 64.0 Å². The number of primary amides is 1.